The summed E-state index contributed by atoms with van der Waals surface area (Å²) in [5.41, 5.74) is 1.20. The SMILES string of the molecule is CCCCCC(=O)C(=NOC(=O)c1ccccc1)c1ccc(Sc2ccccc2)cc1. The molecule has 0 saturated carbocycles. The molecule has 31 heavy (non-hydrogen) atoms. The first-order valence-electron chi connectivity index (χ1n) is 10.4. The van der Waals surface area contributed by atoms with Crippen molar-refractivity contribution in [3.8, 4) is 0 Å². The summed E-state index contributed by atoms with van der Waals surface area (Å²) in [7, 11) is 0. The monoisotopic (exact) mass is 431 g/mol. The molecule has 3 aromatic carbocycles. The molecule has 3 rings (SSSR count). The lowest BCUT2D eigenvalue weighted by Crippen LogP contribution is -2.17. The van der Waals surface area contributed by atoms with Crippen molar-refractivity contribution in [3.63, 3.8) is 0 Å². The number of Topliss-reactive ketones (excluding diaryl/α,β-unsaturated/α-hetero) is 1. The molecule has 0 heterocycles. The summed E-state index contributed by atoms with van der Waals surface area (Å²) >= 11 is 1.64. The number of carbonyl (C=O) groups is 2. The Morgan fingerprint density at radius 3 is 2.03 bits per heavy atom. The van der Waals surface area contributed by atoms with Crippen molar-refractivity contribution >= 4 is 29.2 Å². The van der Waals surface area contributed by atoms with E-state index >= 15 is 0 Å². The third-order valence-corrected chi connectivity index (χ3v) is 5.62. The van der Waals surface area contributed by atoms with Gasteiger partial charge < -0.3 is 4.84 Å². The number of hydrogen-bond donors (Lipinski definition) is 0. The van der Waals surface area contributed by atoms with E-state index in [9.17, 15) is 9.59 Å². The van der Waals surface area contributed by atoms with Crippen LogP contribution in [-0.4, -0.2) is 17.5 Å². The first kappa shape index (κ1) is 22.5. The van der Waals surface area contributed by atoms with E-state index in [1.54, 1.807) is 36.0 Å². The van der Waals surface area contributed by atoms with Crippen LogP contribution < -0.4 is 0 Å². The highest BCUT2D eigenvalue weighted by Gasteiger charge is 2.17. The number of ketones is 1. The fourth-order valence-electron chi connectivity index (χ4n) is 2.94. The van der Waals surface area contributed by atoms with Crippen molar-refractivity contribution in [3.05, 3.63) is 96.1 Å². The van der Waals surface area contributed by atoms with E-state index in [-0.39, 0.29) is 11.5 Å². The Labute approximate surface area is 187 Å². The molecule has 0 aliphatic rings. The highest BCUT2D eigenvalue weighted by molar-refractivity contribution is 7.99. The van der Waals surface area contributed by atoms with Gasteiger partial charge in [-0.2, -0.15) is 0 Å². The Hall–Kier alpha value is -3.18. The molecule has 0 unspecified atom stereocenters. The molecule has 0 radical (unpaired) electrons. The van der Waals surface area contributed by atoms with Crippen LogP contribution in [0.5, 0.6) is 0 Å². The van der Waals surface area contributed by atoms with E-state index in [2.05, 4.69) is 12.1 Å². The standard InChI is InChI=1S/C26H25NO3S/c1-2-3-6-15-24(28)25(27-30-26(29)21-11-7-4-8-12-21)20-16-18-23(19-17-20)31-22-13-9-5-10-14-22/h4-5,7-14,16-19H,2-3,6,15H2,1H3. The smallest absolute Gasteiger partial charge is 0.312 e. The van der Waals surface area contributed by atoms with Crippen LogP contribution in [-0.2, 0) is 9.63 Å². The Bertz CT molecular complexity index is 1020. The first-order valence-corrected chi connectivity index (χ1v) is 11.2. The molecule has 5 heteroatoms. The fourth-order valence-corrected chi connectivity index (χ4v) is 3.78. The minimum atomic E-state index is -0.587. The van der Waals surface area contributed by atoms with Crippen LogP contribution in [0.1, 0.15) is 48.5 Å². The fraction of sp³-hybridized carbons (Fsp3) is 0.192. The van der Waals surface area contributed by atoms with Crippen molar-refractivity contribution in [1.29, 1.82) is 0 Å². The normalized spacial score (nSPS) is 11.2. The van der Waals surface area contributed by atoms with E-state index in [4.69, 9.17) is 4.84 Å². The second kappa shape index (κ2) is 11.9. The quantitative estimate of drug-likeness (QED) is 0.158. The molecule has 3 aromatic rings. The van der Waals surface area contributed by atoms with Gasteiger partial charge >= 0.3 is 5.97 Å². The molecule has 0 spiro atoms. The van der Waals surface area contributed by atoms with E-state index in [0.717, 1.165) is 29.1 Å². The summed E-state index contributed by atoms with van der Waals surface area (Å²) in [5.74, 6) is -0.714. The summed E-state index contributed by atoms with van der Waals surface area (Å²) in [6.45, 7) is 2.09. The van der Waals surface area contributed by atoms with Crippen molar-refractivity contribution in [2.45, 2.75) is 42.4 Å². The lowest BCUT2D eigenvalue weighted by Gasteiger charge is -2.07. The lowest BCUT2D eigenvalue weighted by molar-refractivity contribution is -0.113. The second-order valence-electron chi connectivity index (χ2n) is 7.00. The zero-order valence-electron chi connectivity index (χ0n) is 17.5. The molecule has 0 atom stereocenters. The second-order valence-corrected chi connectivity index (χ2v) is 8.15. The molecule has 4 nitrogen and oxygen atoms in total. The predicted octanol–water partition coefficient (Wildman–Crippen LogP) is 6.55. The van der Waals surface area contributed by atoms with Crippen LogP contribution in [0.4, 0.5) is 0 Å². The van der Waals surface area contributed by atoms with Crippen LogP contribution in [0.2, 0.25) is 0 Å². The third-order valence-electron chi connectivity index (χ3n) is 4.61. The van der Waals surface area contributed by atoms with Gasteiger partial charge in [0.25, 0.3) is 0 Å². The largest absolute Gasteiger partial charge is 0.365 e. The van der Waals surface area contributed by atoms with Crippen LogP contribution in [0.25, 0.3) is 0 Å². The van der Waals surface area contributed by atoms with Gasteiger partial charge in [-0.05, 0) is 42.8 Å². The van der Waals surface area contributed by atoms with E-state index in [1.165, 1.54) is 0 Å². The number of oxime groups is 1. The molecule has 0 saturated heterocycles. The number of benzene rings is 3. The summed E-state index contributed by atoms with van der Waals surface area (Å²) in [6.07, 6.45) is 3.14. The molecule has 0 N–H and O–H groups in total. The van der Waals surface area contributed by atoms with Crippen LogP contribution >= 0.6 is 11.8 Å². The average molecular weight is 432 g/mol. The number of carbonyl (C=O) groups excluding carboxylic acids is 2. The van der Waals surface area contributed by atoms with Crippen LogP contribution in [0.3, 0.4) is 0 Å². The van der Waals surface area contributed by atoms with Crippen LogP contribution in [0.15, 0.2) is 99.9 Å². The number of hydrogen-bond acceptors (Lipinski definition) is 5. The average Bonchev–Trinajstić information content (AvgIpc) is 2.81. The van der Waals surface area contributed by atoms with Gasteiger partial charge in [0.15, 0.2) is 11.5 Å². The maximum Gasteiger partial charge on any atom is 0.365 e. The molecular weight excluding hydrogens is 406 g/mol. The van der Waals surface area contributed by atoms with Crippen molar-refractivity contribution in [2.24, 2.45) is 5.16 Å². The van der Waals surface area contributed by atoms with Gasteiger partial charge in [-0.3, -0.25) is 4.79 Å². The Balaban J connectivity index is 1.78. The highest BCUT2D eigenvalue weighted by atomic mass is 32.2. The van der Waals surface area contributed by atoms with E-state index < -0.39 is 5.97 Å². The van der Waals surface area contributed by atoms with Gasteiger partial charge in [0.05, 0.1) is 5.56 Å². The van der Waals surface area contributed by atoms with Gasteiger partial charge in [-0.25, -0.2) is 4.79 Å². The molecule has 158 valence electrons. The minimum absolute atomic E-state index is 0.127. The molecule has 0 aromatic heterocycles. The van der Waals surface area contributed by atoms with E-state index in [1.807, 2.05) is 60.7 Å². The maximum atomic E-state index is 12.8. The Morgan fingerprint density at radius 2 is 1.39 bits per heavy atom. The van der Waals surface area contributed by atoms with Crippen molar-refractivity contribution < 1.29 is 14.4 Å². The summed E-state index contributed by atoms with van der Waals surface area (Å²) in [5, 5.41) is 3.97. The number of rotatable bonds is 10. The van der Waals surface area contributed by atoms with Gasteiger partial charge in [0.1, 0.15) is 0 Å². The third kappa shape index (κ3) is 6.93. The molecule has 0 bridgehead atoms. The zero-order chi connectivity index (χ0) is 21.9. The first-order chi connectivity index (χ1) is 15.2. The molecule has 0 aliphatic heterocycles. The summed E-state index contributed by atoms with van der Waals surface area (Å²) < 4.78 is 0. The van der Waals surface area contributed by atoms with Crippen molar-refractivity contribution in [2.75, 3.05) is 0 Å². The number of nitrogens with zero attached hydrogens (tertiary/aromatic N) is 1. The lowest BCUT2D eigenvalue weighted by atomic mass is 10.0. The predicted molar refractivity (Wildman–Crippen MR) is 125 cm³/mol. The highest BCUT2D eigenvalue weighted by Crippen LogP contribution is 2.27. The van der Waals surface area contributed by atoms with Crippen LogP contribution in [0, 0.1) is 0 Å². The Morgan fingerprint density at radius 1 is 0.774 bits per heavy atom. The molecule has 0 fully saturated rings. The minimum Gasteiger partial charge on any atom is -0.312 e. The maximum absolute atomic E-state index is 12.8. The molecule has 0 aliphatic carbocycles. The summed E-state index contributed by atoms with van der Waals surface area (Å²) in [6, 6.07) is 26.3. The van der Waals surface area contributed by atoms with Gasteiger partial charge in [-0.15, -0.1) is 0 Å². The van der Waals surface area contributed by atoms with Gasteiger partial charge in [-0.1, -0.05) is 85.2 Å². The Kier molecular flexibility index (Phi) is 8.61. The zero-order valence-corrected chi connectivity index (χ0v) is 18.3. The van der Waals surface area contributed by atoms with Gasteiger partial charge in [0, 0.05) is 21.8 Å². The topological polar surface area (TPSA) is 55.7 Å². The van der Waals surface area contributed by atoms with E-state index in [0.29, 0.717) is 17.5 Å². The van der Waals surface area contributed by atoms with Crippen molar-refractivity contribution in [1.82, 2.24) is 0 Å². The molecule has 0 amide bonds. The molecular formula is C26H25NO3S. The van der Waals surface area contributed by atoms with Gasteiger partial charge in [0.2, 0.25) is 0 Å². The number of unbranched alkanes of at least 4 members (excludes halogenated alkanes) is 2. The summed E-state index contributed by atoms with van der Waals surface area (Å²) in [4.78, 5) is 32.4.